The number of hydrogen-bond acceptors (Lipinski definition) is 6. The van der Waals surface area contributed by atoms with Crippen molar-refractivity contribution in [2.24, 2.45) is 7.05 Å². The van der Waals surface area contributed by atoms with Gasteiger partial charge >= 0.3 is 5.97 Å². The number of aromatic nitrogens is 3. The lowest BCUT2D eigenvalue weighted by molar-refractivity contribution is -0.153. The maximum atomic E-state index is 12.7. The summed E-state index contributed by atoms with van der Waals surface area (Å²) in [6.07, 6.45) is 0.714. The smallest absolute Gasteiger partial charge is 0.333 e. The molecule has 1 unspecified atom stereocenters. The Morgan fingerprint density at radius 2 is 1.97 bits per heavy atom. The lowest BCUT2D eigenvalue weighted by atomic mass is 10.0. The van der Waals surface area contributed by atoms with E-state index in [4.69, 9.17) is 9.47 Å². The van der Waals surface area contributed by atoms with E-state index < -0.39 is 12.1 Å². The van der Waals surface area contributed by atoms with E-state index in [1.807, 2.05) is 24.3 Å². The number of benzene rings is 1. The SMILES string of the molecule is COc1ccc(CC(OC(C)C)C(=O)O)cc1CNC(=O)c1cc(-c2ccccn2)n(C)n1. The van der Waals surface area contributed by atoms with Crippen molar-refractivity contribution in [2.45, 2.75) is 39.0 Å². The number of pyridine rings is 1. The molecule has 0 saturated heterocycles. The summed E-state index contributed by atoms with van der Waals surface area (Å²) >= 11 is 0. The van der Waals surface area contributed by atoms with Crippen molar-refractivity contribution in [2.75, 3.05) is 7.11 Å². The summed E-state index contributed by atoms with van der Waals surface area (Å²) in [7, 11) is 3.30. The highest BCUT2D eigenvalue weighted by Crippen LogP contribution is 2.22. The fraction of sp³-hybridized carbons (Fsp3) is 0.333. The highest BCUT2D eigenvalue weighted by atomic mass is 16.5. The molecule has 1 aromatic carbocycles. The van der Waals surface area contributed by atoms with Crippen LogP contribution < -0.4 is 10.1 Å². The van der Waals surface area contributed by atoms with Crippen molar-refractivity contribution in [3.05, 3.63) is 65.5 Å². The average Bonchev–Trinajstić information content (AvgIpc) is 3.19. The van der Waals surface area contributed by atoms with Crippen LogP contribution in [-0.2, 0) is 29.5 Å². The van der Waals surface area contributed by atoms with Crippen molar-refractivity contribution >= 4 is 11.9 Å². The van der Waals surface area contributed by atoms with Crippen LogP contribution in [0.3, 0.4) is 0 Å². The van der Waals surface area contributed by atoms with Gasteiger partial charge in [0.2, 0.25) is 0 Å². The number of nitrogens with zero attached hydrogens (tertiary/aromatic N) is 3. The normalized spacial score (nSPS) is 11.9. The Kier molecular flexibility index (Phi) is 7.78. The molecule has 2 N–H and O–H groups in total. The Labute approximate surface area is 192 Å². The van der Waals surface area contributed by atoms with Gasteiger partial charge in [-0.15, -0.1) is 0 Å². The lowest BCUT2D eigenvalue weighted by Gasteiger charge is -2.17. The van der Waals surface area contributed by atoms with Crippen LogP contribution in [-0.4, -0.2) is 51.1 Å². The minimum Gasteiger partial charge on any atom is -0.496 e. The van der Waals surface area contributed by atoms with Crippen LogP contribution in [0.5, 0.6) is 5.75 Å². The first-order valence-corrected chi connectivity index (χ1v) is 10.6. The van der Waals surface area contributed by atoms with E-state index in [-0.39, 0.29) is 30.7 Å². The van der Waals surface area contributed by atoms with Crippen molar-refractivity contribution in [1.29, 1.82) is 0 Å². The molecular weight excluding hydrogens is 424 g/mol. The van der Waals surface area contributed by atoms with E-state index in [0.717, 1.165) is 22.5 Å². The minimum absolute atomic E-state index is 0.189. The molecule has 0 bridgehead atoms. The molecule has 0 saturated carbocycles. The largest absolute Gasteiger partial charge is 0.496 e. The molecule has 0 spiro atoms. The second kappa shape index (κ2) is 10.7. The van der Waals surface area contributed by atoms with Crippen LogP contribution in [0.25, 0.3) is 11.4 Å². The minimum atomic E-state index is -1.02. The molecule has 3 rings (SSSR count). The number of carboxylic acids is 1. The second-order valence-corrected chi connectivity index (χ2v) is 7.80. The van der Waals surface area contributed by atoms with Crippen molar-refractivity contribution in [3.63, 3.8) is 0 Å². The zero-order chi connectivity index (χ0) is 24.0. The van der Waals surface area contributed by atoms with E-state index in [1.54, 1.807) is 57.1 Å². The Morgan fingerprint density at radius 3 is 2.61 bits per heavy atom. The fourth-order valence-electron chi connectivity index (χ4n) is 3.43. The van der Waals surface area contributed by atoms with Gasteiger partial charge in [0.05, 0.1) is 24.6 Å². The highest BCUT2D eigenvalue weighted by molar-refractivity contribution is 5.93. The molecule has 174 valence electrons. The molecule has 33 heavy (non-hydrogen) atoms. The van der Waals surface area contributed by atoms with Gasteiger partial charge in [0.1, 0.15) is 5.75 Å². The number of aliphatic carboxylic acids is 1. The zero-order valence-corrected chi connectivity index (χ0v) is 19.1. The molecular formula is C24H28N4O5. The van der Waals surface area contributed by atoms with Gasteiger partial charge in [-0.2, -0.15) is 5.10 Å². The third-order valence-corrected chi connectivity index (χ3v) is 4.96. The number of amides is 1. The van der Waals surface area contributed by atoms with E-state index in [2.05, 4.69) is 15.4 Å². The number of ether oxygens (including phenoxy) is 2. The molecule has 2 aromatic heterocycles. The first-order valence-electron chi connectivity index (χ1n) is 10.6. The third kappa shape index (κ3) is 6.17. The molecule has 9 heteroatoms. The number of aryl methyl sites for hydroxylation is 1. The van der Waals surface area contributed by atoms with Gasteiger partial charge in [-0.3, -0.25) is 14.5 Å². The molecule has 0 fully saturated rings. The number of methoxy groups -OCH3 is 1. The molecule has 1 atom stereocenters. The molecule has 0 aliphatic heterocycles. The zero-order valence-electron chi connectivity index (χ0n) is 19.1. The van der Waals surface area contributed by atoms with Gasteiger partial charge in [-0.25, -0.2) is 4.79 Å². The summed E-state index contributed by atoms with van der Waals surface area (Å²) in [6, 6.07) is 12.6. The van der Waals surface area contributed by atoms with Crippen molar-refractivity contribution < 1.29 is 24.2 Å². The quantitative estimate of drug-likeness (QED) is 0.486. The van der Waals surface area contributed by atoms with Gasteiger partial charge in [0.25, 0.3) is 5.91 Å². The maximum Gasteiger partial charge on any atom is 0.333 e. The number of carbonyl (C=O) groups is 2. The molecule has 2 heterocycles. The van der Waals surface area contributed by atoms with Crippen molar-refractivity contribution in [1.82, 2.24) is 20.1 Å². The van der Waals surface area contributed by atoms with Gasteiger partial charge in [0.15, 0.2) is 11.8 Å². The van der Waals surface area contributed by atoms with Crippen LogP contribution in [0.1, 0.15) is 35.5 Å². The van der Waals surface area contributed by atoms with E-state index >= 15 is 0 Å². The summed E-state index contributed by atoms with van der Waals surface area (Å²) in [5.41, 5.74) is 3.20. The number of rotatable bonds is 10. The van der Waals surface area contributed by atoms with Gasteiger partial charge in [-0.1, -0.05) is 18.2 Å². The maximum absolute atomic E-state index is 12.7. The van der Waals surface area contributed by atoms with Crippen LogP contribution in [0.4, 0.5) is 0 Å². The molecule has 1 amide bonds. The monoisotopic (exact) mass is 452 g/mol. The van der Waals surface area contributed by atoms with Gasteiger partial charge in [0, 0.05) is 31.8 Å². The first-order chi connectivity index (χ1) is 15.8. The summed E-state index contributed by atoms with van der Waals surface area (Å²) in [6.45, 7) is 3.78. The Balaban J connectivity index is 1.73. The van der Waals surface area contributed by atoms with Crippen LogP contribution in [0.2, 0.25) is 0 Å². The molecule has 3 aromatic rings. The number of hydrogen-bond donors (Lipinski definition) is 2. The standard InChI is InChI=1S/C24H28N4O5/c1-15(2)33-22(24(30)31)12-16-8-9-21(32-4)17(11-16)14-26-23(29)19-13-20(28(3)27-19)18-7-5-6-10-25-18/h5-11,13,15,22H,12,14H2,1-4H3,(H,26,29)(H,30,31). The average molecular weight is 453 g/mol. The van der Waals surface area contributed by atoms with E-state index in [0.29, 0.717) is 5.75 Å². The fourth-order valence-corrected chi connectivity index (χ4v) is 3.43. The molecule has 0 radical (unpaired) electrons. The number of carbonyl (C=O) groups excluding carboxylic acids is 1. The summed E-state index contributed by atoms with van der Waals surface area (Å²) < 4.78 is 12.5. The highest BCUT2D eigenvalue weighted by Gasteiger charge is 2.21. The summed E-state index contributed by atoms with van der Waals surface area (Å²) in [5, 5.41) is 16.6. The molecule has 0 aliphatic carbocycles. The Morgan fingerprint density at radius 1 is 1.18 bits per heavy atom. The number of nitrogens with one attached hydrogen (secondary N) is 1. The predicted molar refractivity (Wildman–Crippen MR) is 122 cm³/mol. The lowest BCUT2D eigenvalue weighted by Crippen LogP contribution is -2.29. The van der Waals surface area contributed by atoms with Gasteiger partial charge < -0.3 is 19.9 Å². The topological polar surface area (TPSA) is 116 Å². The Hall–Kier alpha value is -3.72. The van der Waals surface area contributed by atoms with Gasteiger partial charge in [-0.05, 0) is 43.7 Å². The van der Waals surface area contributed by atoms with E-state index in [1.165, 1.54) is 0 Å². The molecule has 9 nitrogen and oxygen atoms in total. The molecule has 0 aliphatic rings. The summed E-state index contributed by atoms with van der Waals surface area (Å²) in [5.74, 6) is -0.772. The third-order valence-electron chi connectivity index (χ3n) is 4.96. The summed E-state index contributed by atoms with van der Waals surface area (Å²) in [4.78, 5) is 28.6. The number of carboxylic acid groups (broad SMARTS) is 1. The first kappa shape index (κ1) is 23.9. The predicted octanol–water partition coefficient (Wildman–Crippen LogP) is 2.84. The van der Waals surface area contributed by atoms with Crippen LogP contribution in [0.15, 0.2) is 48.7 Å². The second-order valence-electron chi connectivity index (χ2n) is 7.80. The van der Waals surface area contributed by atoms with Crippen LogP contribution >= 0.6 is 0 Å². The van der Waals surface area contributed by atoms with Crippen LogP contribution in [0, 0.1) is 0 Å². The van der Waals surface area contributed by atoms with E-state index in [9.17, 15) is 14.7 Å². The van der Waals surface area contributed by atoms with Crippen molar-refractivity contribution in [3.8, 4) is 17.1 Å². The Bertz CT molecular complexity index is 1110.